The molecule has 1 aliphatic rings. The van der Waals surface area contributed by atoms with Gasteiger partial charge in [0.15, 0.2) is 0 Å². The second kappa shape index (κ2) is 9.02. The van der Waals surface area contributed by atoms with E-state index in [-0.39, 0.29) is 12.1 Å². The van der Waals surface area contributed by atoms with Gasteiger partial charge in [-0.3, -0.25) is 0 Å². The molecule has 2 aromatic carbocycles. The van der Waals surface area contributed by atoms with Crippen LogP contribution in [-0.2, 0) is 11.3 Å². The minimum atomic E-state index is -0.511. The summed E-state index contributed by atoms with van der Waals surface area (Å²) in [5.41, 5.74) is 2.57. The van der Waals surface area contributed by atoms with Crippen LogP contribution in [0, 0.1) is 0 Å². The van der Waals surface area contributed by atoms with E-state index in [1.807, 2.05) is 64.2 Å². The second-order valence-electron chi connectivity index (χ2n) is 9.41. The SMILES string of the molecule is CN(C(=O)OC(C)(C)C)[C@@H]1CCCN(c2nc3ccccc3n2Cc2ccccc2Cl)C1. The number of carbonyl (C=O) groups is 1. The number of hydrogen-bond acceptors (Lipinski definition) is 4. The van der Waals surface area contributed by atoms with Gasteiger partial charge in [0.25, 0.3) is 0 Å². The summed E-state index contributed by atoms with van der Waals surface area (Å²) < 4.78 is 7.82. The molecular formula is C25H31ClN4O2. The Balaban J connectivity index is 1.63. The number of amides is 1. The fraction of sp³-hybridized carbons (Fsp3) is 0.440. The van der Waals surface area contributed by atoms with Crippen LogP contribution in [0.15, 0.2) is 48.5 Å². The summed E-state index contributed by atoms with van der Waals surface area (Å²) in [6.45, 7) is 7.92. The van der Waals surface area contributed by atoms with Crippen LogP contribution in [0.3, 0.4) is 0 Å². The van der Waals surface area contributed by atoms with Crippen LogP contribution in [0.2, 0.25) is 5.02 Å². The summed E-state index contributed by atoms with van der Waals surface area (Å²) in [7, 11) is 1.83. The van der Waals surface area contributed by atoms with Crippen molar-refractivity contribution >= 4 is 34.7 Å². The third kappa shape index (κ3) is 4.85. The van der Waals surface area contributed by atoms with Crippen molar-refractivity contribution in [1.29, 1.82) is 0 Å². The van der Waals surface area contributed by atoms with Crippen molar-refractivity contribution in [2.75, 3.05) is 25.0 Å². The molecule has 7 heteroatoms. The van der Waals surface area contributed by atoms with E-state index in [4.69, 9.17) is 21.3 Å². The predicted octanol–water partition coefficient (Wildman–Crippen LogP) is 5.57. The van der Waals surface area contributed by atoms with Crippen molar-refractivity contribution in [1.82, 2.24) is 14.5 Å². The normalized spacial score (nSPS) is 16.9. The van der Waals surface area contributed by atoms with E-state index >= 15 is 0 Å². The Kier molecular flexibility index (Phi) is 6.33. The summed E-state index contributed by atoms with van der Waals surface area (Å²) in [6, 6.07) is 16.2. The number of carbonyl (C=O) groups excluding carboxylic acids is 1. The van der Waals surface area contributed by atoms with Gasteiger partial charge in [0.2, 0.25) is 5.95 Å². The fourth-order valence-electron chi connectivity index (χ4n) is 4.19. The lowest BCUT2D eigenvalue weighted by atomic mass is 10.1. The van der Waals surface area contributed by atoms with E-state index in [0.717, 1.165) is 47.0 Å². The fourth-order valence-corrected chi connectivity index (χ4v) is 4.39. The van der Waals surface area contributed by atoms with E-state index < -0.39 is 5.60 Å². The van der Waals surface area contributed by atoms with Crippen LogP contribution >= 0.6 is 11.6 Å². The molecule has 1 aliphatic heterocycles. The van der Waals surface area contributed by atoms with Gasteiger partial charge in [-0.15, -0.1) is 0 Å². The first-order valence-electron chi connectivity index (χ1n) is 11.1. The molecule has 3 aromatic rings. The minimum Gasteiger partial charge on any atom is -0.444 e. The van der Waals surface area contributed by atoms with Crippen molar-refractivity contribution in [2.45, 2.75) is 51.8 Å². The number of aromatic nitrogens is 2. The number of anilines is 1. The molecule has 1 fully saturated rings. The number of para-hydroxylation sites is 2. The standard InChI is InChI=1S/C25H31ClN4O2/c1-25(2,3)32-24(31)28(4)19-11-9-15-29(17-19)23-27-21-13-7-8-14-22(21)30(23)16-18-10-5-6-12-20(18)26/h5-8,10,12-14,19H,9,11,15-17H2,1-4H3/t19-/m1/s1. The highest BCUT2D eigenvalue weighted by Crippen LogP contribution is 2.29. The molecule has 0 aliphatic carbocycles. The molecule has 1 saturated heterocycles. The molecule has 0 unspecified atom stereocenters. The van der Waals surface area contributed by atoms with Crippen LogP contribution in [0.1, 0.15) is 39.2 Å². The molecule has 0 bridgehead atoms. The number of hydrogen-bond donors (Lipinski definition) is 0. The zero-order chi connectivity index (χ0) is 22.9. The van der Waals surface area contributed by atoms with Crippen LogP contribution in [0.5, 0.6) is 0 Å². The molecule has 1 atom stereocenters. The molecule has 1 aromatic heterocycles. The molecular weight excluding hydrogens is 424 g/mol. The van der Waals surface area contributed by atoms with Crippen molar-refractivity contribution in [3.05, 3.63) is 59.1 Å². The summed E-state index contributed by atoms with van der Waals surface area (Å²) in [5, 5.41) is 0.748. The number of ether oxygens (including phenoxy) is 1. The summed E-state index contributed by atoms with van der Waals surface area (Å²) in [5.74, 6) is 0.911. The maximum Gasteiger partial charge on any atom is 0.410 e. The second-order valence-corrected chi connectivity index (χ2v) is 9.82. The topological polar surface area (TPSA) is 50.6 Å². The molecule has 0 N–H and O–H groups in total. The maximum absolute atomic E-state index is 12.6. The first kappa shape index (κ1) is 22.5. The largest absolute Gasteiger partial charge is 0.444 e. The molecule has 0 saturated carbocycles. The predicted molar refractivity (Wildman–Crippen MR) is 130 cm³/mol. The number of benzene rings is 2. The third-order valence-corrected chi connectivity index (χ3v) is 6.20. The Morgan fingerprint density at radius 3 is 2.66 bits per heavy atom. The smallest absolute Gasteiger partial charge is 0.410 e. The van der Waals surface area contributed by atoms with Gasteiger partial charge in [0.05, 0.1) is 23.6 Å². The molecule has 0 spiro atoms. The third-order valence-electron chi connectivity index (χ3n) is 5.83. The number of halogens is 1. The maximum atomic E-state index is 12.6. The Morgan fingerprint density at radius 2 is 1.91 bits per heavy atom. The van der Waals surface area contributed by atoms with Crippen LogP contribution in [0.4, 0.5) is 10.7 Å². The van der Waals surface area contributed by atoms with Gasteiger partial charge in [-0.05, 0) is 57.4 Å². The zero-order valence-electron chi connectivity index (χ0n) is 19.2. The number of imidazole rings is 1. The highest BCUT2D eigenvalue weighted by atomic mass is 35.5. The Labute approximate surface area is 194 Å². The molecule has 0 radical (unpaired) electrons. The number of fused-ring (bicyclic) bond motifs is 1. The number of piperidine rings is 1. The van der Waals surface area contributed by atoms with Gasteiger partial charge in [0, 0.05) is 25.2 Å². The number of rotatable bonds is 4. The van der Waals surface area contributed by atoms with Gasteiger partial charge < -0.3 is 19.1 Å². The lowest BCUT2D eigenvalue weighted by Gasteiger charge is -2.38. The van der Waals surface area contributed by atoms with Gasteiger partial charge >= 0.3 is 6.09 Å². The van der Waals surface area contributed by atoms with Gasteiger partial charge in [-0.2, -0.15) is 0 Å². The van der Waals surface area contributed by atoms with Crippen LogP contribution in [0.25, 0.3) is 11.0 Å². The van der Waals surface area contributed by atoms with Gasteiger partial charge in [-0.1, -0.05) is 41.9 Å². The quantitative estimate of drug-likeness (QED) is 0.516. The van der Waals surface area contributed by atoms with Gasteiger partial charge in [-0.25, -0.2) is 9.78 Å². The summed E-state index contributed by atoms with van der Waals surface area (Å²) in [4.78, 5) is 21.6. The van der Waals surface area contributed by atoms with Crippen LogP contribution in [-0.4, -0.2) is 52.3 Å². The van der Waals surface area contributed by atoms with Crippen molar-refractivity contribution in [3.63, 3.8) is 0 Å². The minimum absolute atomic E-state index is 0.0622. The lowest BCUT2D eigenvalue weighted by Crippen LogP contribution is -2.50. The first-order chi connectivity index (χ1) is 15.2. The monoisotopic (exact) mass is 454 g/mol. The Morgan fingerprint density at radius 1 is 1.19 bits per heavy atom. The Bertz CT molecular complexity index is 1100. The average molecular weight is 455 g/mol. The van der Waals surface area contributed by atoms with E-state index in [9.17, 15) is 4.79 Å². The molecule has 6 nitrogen and oxygen atoms in total. The highest BCUT2D eigenvalue weighted by molar-refractivity contribution is 6.31. The van der Waals surface area contributed by atoms with E-state index in [2.05, 4.69) is 21.6 Å². The zero-order valence-corrected chi connectivity index (χ0v) is 20.0. The van der Waals surface area contributed by atoms with Crippen LogP contribution < -0.4 is 4.90 Å². The summed E-state index contributed by atoms with van der Waals surface area (Å²) in [6.07, 6.45) is 1.64. The lowest BCUT2D eigenvalue weighted by molar-refractivity contribution is 0.0209. The summed E-state index contributed by atoms with van der Waals surface area (Å²) >= 11 is 6.48. The van der Waals surface area contributed by atoms with Gasteiger partial charge in [0.1, 0.15) is 5.60 Å². The number of likely N-dealkylation sites (N-methyl/N-ethyl adjacent to an activating group) is 1. The molecule has 4 rings (SSSR count). The van der Waals surface area contributed by atoms with Crippen molar-refractivity contribution in [3.8, 4) is 0 Å². The average Bonchev–Trinajstić information content (AvgIpc) is 3.12. The van der Waals surface area contributed by atoms with Crippen molar-refractivity contribution < 1.29 is 9.53 Å². The molecule has 1 amide bonds. The highest BCUT2D eigenvalue weighted by Gasteiger charge is 2.31. The van der Waals surface area contributed by atoms with Crippen molar-refractivity contribution in [2.24, 2.45) is 0 Å². The number of nitrogens with zero attached hydrogens (tertiary/aromatic N) is 4. The molecule has 2 heterocycles. The first-order valence-corrected chi connectivity index (χ1v) is 11.5. The molecule has 32 heavy (non-hydrogen) atoms. The Hall–Kier alpha value is -2.73. The molecule has 170 valence electrons. The van der Waals surface area contributed by atoms with E-state index in [1.54, 1.807) is 4.90 Å². The van der Waals surface area contributed by atoms with E-state index in [1.165, 1.54) is 0 Å². The van der Waals surface area contributed by atoms with E-state index in [0.29, 0.717) is 13.1 Å².